The van der Waals surface area contributed by atoms with Crippen LogP contribution in [0.1, 0.15) is 58.4 Å². The third kappa shape index (κ3) is 3.15. The maximum atomic E-state index is 10.6. The predicted molar refractivity (Wildman–Crippen MR) is 126 cm³/mol. The van der Waals surface area contributed by atoms with Crippen molar-refractivity contribution in [3.8, 4) is 11.9 Å². The highest BCUT2D eigenvalue weighted by molar-refractivity contribution is 5.81. The first-order valence-electron chi connectivity index (χ1n) is 11.9. The summed E-state index contributed by atoms with van der Waals surface area (Å²) in [5, 5.41) is 26.2. The van der Waals surface area contributed by atoms with E-state index in [1.165, 1.54) is 12.8 Å². The Morgan fingerprint density at radius 3 is 2.58 bits per heavy atom. The van der Waals surface area contributed by atoms with Crippen LogP contribution in [-0.4, -0.2) is 43.0 Å². The van der Waals surface area contributed by atoms with E-state index in [2.05, 4.69) is 51.2 Å². The minimum atomic E-state index is -0.726. The largest absolute Gasteiger partial charge is 0.390 e. The predicted octanol–water partition coefficient (Wildman–Crippen LogP) is 4.14. The van der Waals surface area contributed by atoms with Crippen molar-refractivity contribution in [3.63, 3.8) is 0 Å². The number of nitriles is 1. The molecule has 2 aromatic heterocycles. The van der Waals surface area contributed by atoms with Crippen LogP contribution in [0.5, 0.6) is 0 Å². The van der Waals surface area contributed by atoms with Gasteiger partial charge in [0.15, 0.2) is 5.82 Å². The van der Waals surface area contributed by atoms with Gasteiger partial charge in [-0.05, 0) is 69.9 Å². The van der Waals surface area contributed by atoms with Gasteiger partial charge in [-0.25, -0.2) is 14.6 Å². The van der Waals surface area contributed by atoms with E-state index in [4.69, 9.17) is 0 Å². The zero-order valence-electron chi connectivity index (χ0n) is 19.5. The Hall–Kier alpha value is -2.98. The molecule has 0 unspecified atom stereocenters. The number of aliphatic hydroxyl groups is 1. The van der Waals surface area contributed by atoms with Crippen LogP contribution in [0.2, 0.25) is 0 Å². The average Bonchev–Trinajstić information content (AvgIpc) is 3.27. The van der Waals surface area contributed by atoms with Gasteiger partial charge in [0.2, 0.25) is 0 Å². The molecule has 2 atom stereocenters. The van der Waals surface area contributed by atoms with E-state index in [0.29, 0.717) is 11.2 Å². The van der Waals surface area contributed by atoms with E-state index in [9.17, 15) is 10.4 Å². The molecule has 0 amide bonds. The molecule has 2 saturated carbocycles. The van der Waals surface area contributed by atoms with E-state index in [1.807, 2.05) is 30.8 Å². The second kappa shape index (κ2) is 6.77. The Labute approximate surface area is 194 Å². The molecule has 33 heavy (non-hydrogen) atoms. The quantitative estimate of drug-likeness (QED) is 0.653. The summed E-state index contributed by atoms with van der Waals surface area (Å²) in [4.78, 5) is 11.3. The zero-order valence-corrected chi connectivity index (χ0v) is 19.5. The first-order valence-corrected chi connectivity index (χ1v) is 11.9. The van der Waals surface area contributed by atoms with Crippen LogP contribution in [-0.2, 0) is 5.41 Å². The van der Waals surface area contributed by atoms with Crippen molar-refractivity contribution in [2.45, 2.75) is 69.9 Å². The molecular formula is C26H30N6O. The van der Waals surface area contributed by atoms with Gasteiger partial charge in [0.1, 0.15) is 12.1 Å². The van der Waals surface area contributed by atoms with Gasteiger partial charge in [0, 0.05) is 30.0 Å². The van der Waals surface area contributed by atoms with Crippen LogP contribution in [0.3, 0.4) is 0 Å². The molecule has 3 aliphatic rings. The van der Waals surface area contributed by atoms with Gasteiger partial charge in [0.05, 0.1) is 28.8 Å². The molecule has 170 valence electrons. The van der Waals surface area contributed by atoms with Crippen LogP contribution in [0, 0.1) is 22.7 Å². The van der Waals surface area contributed by atoms with Crippen molar-refractivity contribution < 1.29 is 5.11 Å². The zero-order chi connectivity index (χ0) is 23.0. The molecule has 7 heteroatoms. The van der Waals surface area contributed by atoms with Gasteiger partial charge >= 0.3 is 0 Å². The molecule has 1 spiro atoms. The van der Waals surface area contributed by atoms with Crippen molar-refractivity contribution in [3.05, 3.63) is 42.4 Å². The number of hydrogen-bond acceptors (Lipinski definition) is 6. The fourth-order valence-electron chi connectivity index (χ4n) is 6.42. The summed E-state index contributed by atoms with van der Waals surface area (Å²) < 4.78 is 1.86. The second-order valence-electron chi connectivity index (χ2n) is 11.1. The lowest BCUT2D eigenvalue weighted by atomic mass is 9.57. The number of anilines is 1. The molecule has 7 nitrogen and oxygen atoms in total. The summed E-state index contributed by atoms with van der Waals surface area (Å²) in [5.41, 5.74) is 1.41. The van der Waals surface area contributed by atoms with Gasteiger partial charge in [-0.15, -0.1) is 0 Å². The number of fused-ring (bicyclic) bond motifs is 1. The van der Waals surface area contributed by atoms with Gasteiger partial charge in [-0.2, -0.15) is 10.4 Å². The van der Waals surface area contributed by atoms with Crippen molar-refractivity contribution >= 4 is 16.7 Å². The first-order chi connectivity index (χ1) is 15.7. The molecular weight excluding hydrogens is 412 g/mol. The first kappa shape index (κ1) is 20.6. The van der Waals surface area contributed by atoms with Crippen LogP contribution in [0.25, 0.3) is 16.7 Å². The Balaban J connectivity index is 1.35. The van der Waals surface area contributed by atoms with E-state index < -0.39 is 5.60 Å². The van der Waals surface area contributed by atoms with E-state index in [0.717, 1.165) is 48.1 Å². The van der Waals surface area contributed by atoms with Gasteiger partial charge in [-0.1, -0.05) is 12.1 Å². The maximum Gasteiger partial charge on any atom is 0.159 e. The minimum Gasteiger partial charge on any atom is -0.390 e. The minimum absolute atomic E-state index is 0.178. The fraction of sp³-hybridized carbons (Fsp3) is 0.538. The fourth-order valence-corrected chi connectivity index (χ4v) is 6.42. The lowest BCUT2D eigenvalue weighted by Gasteiger charge is -2.44. The summed E-state index contributed by atoms with van der Waals surface area (Å²) in [6, 6.07) is 11.1. The second-order valence-corrected chi connectivity index (χ2v) is 11.1. The lowest BCUT2D eigenvalue weighted by molar-refractivity contribution is 0.0156. The van der Waals surface area contributed by atoms with Crippen molar-refractivity contribution in [1.82, 2.24) is 19.7 Å². The van der Waals surface area contributed by atoms with Gasteiger partial charge in [-0.3, -0.25) is 0 Å². The van der Waals surface area contributed by atoms with Crippen LogP contribution >= 0.6 is 0 Å². The average molecular weight is 443 g/mol. The topological polar surface area (TPSA) is 90.9 Å². The molecule has 0 bridgehead atoms. The molecule has 2 aliphatic carbocycles. The van der Waals surface area contributed by atoms with Crippen molar-refractivity contribution in [1.29, 1.82) is 5.26 Å². The maximum absolute atomic E-state index is 10.6. The Morgan fingerprint density at radius 2 is 1.91 bits per heavy atom. The van der Waals surface area contributed by atoms with Crippen LogP contribution in [0.15, 0.2) is 36.8 Å². The number of nitrogens with zero attached hydrogens (tertiary/aromatic N) is 6. The van der Waals surface area contributed by atoms with E-state index in [-0.39, 0.29) is 17.4 Å². The number of benzene rings is 1. The summed E-state index contributed by atoms with van der Waals surface area (Å²) in [6.07, 6.45) is 8.85. The molecule has 6 rings (SSSR count). The number of aromatic nitrogens is 4. The van der Waals surface area contributed by atoms with Crippen molar-refractivity contribution in [2.24, 2.45) is 11.3 Å². The van der Waals surface area contributed by atoms with Crippen molar-refractivity contribution in [2.75, 3.05) is 11.4 Å². The number of hydrogen-bond donors (Lipinski definition) is 1. The summed E-state index contributed by atoms with van der Waals surface area (Å²) in [5.74, 6) is 1.75. The molecule has 1 aromatic carbocycles. The molecule has 1 aliphatic heterocycles. The van der Waals surface area contributed by atoms with Crippen LogP contribution < -0.4 is 4.90 Å². The molecule has 3 aromatic rings. The third-order valence-electron chi connectivity index (χ3n) is 8.46. The monoisotopic (exact) mass is 442 g/mol. The Kier molecular flexibility index (Phi) is 4.23. The molecule has 0 radical (unpaired) electrons. The molecule has 3 heterocycles. The SMILES string of the molecule is C[C@H]1[C@H](C(C)(C)O)CCN1c1cc(-n2ncc3ccc(C4(C#N)CC5(CC5)C4)cc32)ncn1. The molecule has 1 saturated heterocycles. The summed E-state index contributed by atoms with van der Waals surface area (Å²) in [6.45, 7) is 6.78. The smallest absolute Gasteiger partial charge is 0.159 e. The summed E-state index contributed by atoms with van der Waals surface area (Å²) >= 11 is 0. The Morgan fingerprint density at radius 1 is 1.15 bits per heavy atom. The standard InChI is InChI=1S/C26H30N6O/c1-17-20(24(2,3)33)6-9-31(17)22-11-23(29-16-28-22)32-21-10-19(5-4-18(21)12-30-32)26(15-27)13-25(14-26)7-8-25/h4-5,10-12,16-17,20,33H,6-9,13-14H2,1-3H3/t17-,20+/m0/s1. The highest BCUT2D eigenvalue weighted by Crippen LogP contribution is 2.68. The van der Waals surface area contributed by atoms with Gasteiger partial charge in [0.25, 0.3) is 0 Å². The van der Waals surface area contributed by atoms with Gasteiger partial charge < -0.3 is 10.0 Å². The normalized spacial score (nSPS) is 25.2. The van der Waals surface area contributed by atoms with E-state index >= 15 is 0 Å². The summed E-state index contributed by atoms with van der Waals surface area (Å²) in [7, 11) is 0. The third-order valence-corrected chi connectivity index (χ3v) is 8.46. The highest BCUT2D eigenvalue weighted by atomic mass is 16.3. The highest BCUT2D eigenvalue weighted by Gasteiger charge is 2.62. The van der Waals surface area contributed by atoms with E-state index in [1.54, 1.807) is 6.33 Å². The molecule has 1 N–H and O–H groups in total. The number of rotatable bonds is 4. The lowest BCUT2D eigenvalue weighted by Crippen LogP contribution is -2.41. The molecule has 3 fully saturated rings. The van der Waals surface area contributed by atoms with Crippen LogP contribution in [0.4, 0.5) is 5.82 Å². The Bertz CT molecular complexity index is 1270.